The number of sulfone groups is 1. The van der Waals surface area contributed by atoms with Crippen molar-refractivity contribution >= 4 is 37.2 Å². The molecule has 0 saturated carbocycles. The second-order valence-electron chi connectivity index (χ2n) is 7.20. The molecule has 6 nitrogen and oxygen atoms in total. The summed E-state index contributed by atoms with van der Waals surface area (Å²) in [7, 11) is -3.69. The van der Waals surface area contributed by atoms with E-state index in [0.717, 1.165) is 21.2 Å². The Balaban J connectivity index is 1.31. The van der Waals surface area contributed by atoms with Gasteiger partial charge in [0.25, 0.3) is 5.91 Å². The minimum atomic E-state index is -3.69. The summed E-state index contributed by atoms with van der Waals surface area (Å²) in [6.07, 6.45) is 4.15. The Kier molecular flexibility index (Phi) is 4.95. The van der Waals surface area contributed by atoms with Gasteiger partial charge in [0.05, 0.1) is 21.1 Å². The van der Waals surface area contributed by atoms with Gasteiger partial charge in [-0.15, -0.1) is 11.3 Å². The number of benzene rings is 2. The second kappa shape index (κ2) is 7.79. The third kappa shape index (κ3) is 3.68. The highest BCUT2D eigenvalue weighted by Crippen LogP contribution is 2.35. The fourth-order valence-electron chi connectivity index (χ4n) is 3.58. The number of thiophene rings is 1. The zero-order valence-corrected chi connectivity index (χ0v) is 18.0. The van der Waals surface area contributed by atoms with Crippen LogP contribution in [-0.2, 0) is 22.8 Å². The van der Waals surface area contributed by atoms with E-state index >= 15 is 0 Å². The number of amides is 1. The molecule has 0 aliphatic carbocycles. The van der Waals surface area contributed by atoms with Crippen molar-refractivity contribution in [3.8, 4) is 5.75 Å². The van der Waals surface area contributed by atoms with Gasteiger partial charge < -0.3 is 10.1 Å². The molecule has 0 fully saturated rings. The molecular formula is C23H18N2O4S2. The van der Waals surface area contributed by atoms with Crippen LogP contribution >= 0.6 is 11.3 Å². The molecule has 4 aromatic rings. The van der Waals surface area contributed by atoms with Gasteiger partial charge in [0.1, 0.15) is 10.6 Å². The highest BCUT2D eigenvalue weighted by Gasteiger charge is 2.26. The largest absolute Gasteiger partial charge is 0.492 e. The number of rotatable bonds is 5. The van der Waals surface area contributed by atoms with Crippen LogP contribution in [0.1, 0.15) is 20.8 Å². The maximum Gasteiger partial charge on any atom is 0.261 e. The van der Waals surface area contributed by atoms with Crippen LogP contribution in [0, 0.1) is 0 Å². The lowest BCUT2D eigenvalue weighted by atomic mass is 10.2. The van der Waals surface area contributed by atoms with E-state index < -0.39 is 9.84 Å². The van der Waals surface area contributed by atoms with E-state index in [9.17, 15) is 13.2 Å². The van der Waals surface area contributed by atoms with Crippen molar-refractivity contribution in [1.82, 2.24) is 10.3 Å². The van der Waals surface area contributed by atoms with E-state index in [1.807, 2.05) is 18.2 Å². The van der Waals surface area contributed by atoms with Crippen molar-refractivity contribution in [3.63, 3.8) is 0 Å². The lowest BCUT2D eigenvalue weighted by Crippen LogP contribution is -2.21. The average molecular weight is 451 g/mol. The number of hydrogen-bond donors (Lipinski definition) is 1. The highest BCUT2D eigenvalue weighted by atomic mass is 32.2. The number of carbonyl (C=O) groups excluding carboxylic acids is 1. The number of ether oxygens (including phenoxy) is 1. The molecule has 1 aliphatic heterocycles. The molecule has 5 rings (SSSR count). The number of hydrogen-bond acceptors (Lipinski definition) is 6. The minimum Gasteiger partial charge on any atom is -0.492 e. The number of fused-ring (bicyclic) bond motifs is 2. The Bertz CT molecular complexity index is 1360. The molecule has 1 aliphatic rings. The van der Waals surface area contributed by atoms with Crippen LogP contribution in [0.15, 0.2) is 76.8 Å². The van der Waals surface area contributed by atoms with Gasteiger partial charge in [-0.2, -0.15) is 0 Å². The summed E-state index contributed by atoms with van der Waals surface area (Å²) in [5.41, 5.74) is 1.72. The molecule has 2 aromatic carbocycles. The number of pyridine rings is 1. The Morgan fingerprint density at radius 3 is 2.77 bits per heavy atom. The van der Waals surface area contributed by atoms with E-state index in [1.165, 1.54) is 11.3 Å². The van der Waals surface area contributed by atoms with Gasteiger partial charge >= 0.3 is 0 Å². The molecule has 0 saturated heterocycles. The quantitative estimate of drug-likeness (QED) is 0.497. The highest BCUT2D eigenvalue weighted by molar-refractivity contribution is 7.91. The second-order valence-corrected chi connectivity index (χ2v) is 10.2. The molecule has 1 amide bonds. The summed E-state index contributed by atoms with van der Waals surface area (Å²) >= 11 is 1.39. The molecule has 1 N–H and O–H groups in total. The van der Waals surface area contributed by atoms with Gasteiger partial charge in [0.2, 0.25) is 9.84 Å². The molecule has 0 bridgehead atoms. The molecule has 8 heteroatoms. The first-order valence-corrected chi connectivity index (χ1v) is 12.0. The van der Waals surface area contributed by atoms with Gasteiger partial charge in [-0.3, -0.25) is 9.78 Å². The summed E-state index contributed by atoms with van der Waals surface area (Å²) in [4.78, 5) is 17.6. The van der Waals surface area contributed by atoms with E-state index in [-0.39, 0.29) is 15.7 Å². The van der Waals surface area contributed by atoms with E-state index in [1.54, 1.807) is 48.8 Å². The van der Waals surface area contributed by atoms with Crippen molar-refractivity contribution in [2.75, 3.05) is 6.61 Å². The van der Waals surface area contributed by atoms with Gasteiger partial charge in [-0.05, 0) is 46.8 Å². The first-order valence-electron chi connectivity index (χ1n) is 9.73. The first-order chi connectivity index (χ1) is 15.0. The maximum atomic E-state index is 13.1. The monoisotopic (exact) mass is 450 g/mol. The number of carbonyl (C=O) groups is 1. The summed E-state index contributed by atoms with van der Waals surface area (Å²) < 4.78 is 32.7. The van der Waals surface area contributed by atoms with Gasteiger partial charge in [0, 0.05) is 25.4 Å². The predicted octanol–water partition coefficient (Wildman–Crippen LogP) is 3.99. The third-order valence-electron chi connectivity index (χ3n) is 5.20. The van der Waals surface area contributed by atoms with Crippen LogP contribution in [-0.4, -0.2) is 25.9 Å². The third-order valence-corrected chi connectivity index (χ3v) is 8.08. The fourth-order valence-corrected chi connectivity index (χ4v) is 5.96. The van der Waals surface area contributed by atoms with Crippen LogP contribution in [0.25, 0.3) is 10.1 Å². The SMILES string of the molecule is O=C(NCc1ccc(S(=O)(=O)c2cccc3c2OCC3)cc1)c1cc2ccncc2s1. The van der Waals surface area contributed by atoms with Crippen molar-refractivity contribution in [2.45, 2.75) is 22.8 Å². The number of nitrogens with zero attached hydrogens (tertiary/aromatic N) is 1. The van der Waals surface area contributed by atoms with Crippen LogP contribution < -0.4 is 10.1 Å². The summed E-state index contributed by atoms with van der Waals surface area (Å²) in [6.45, 7) is 0.798. The molecule has 2 aromatic heterocycles. The van der Waals surface area contributed by atoms with Crippen molar-refractivity contribution < 1.29 is 17.9 Å². The van der Waals surface area contributed by atoms with Crippen LogP contribution in [0.3, 0.4) is 0 Å². The maximum absolute atomic E-state index is 13.1. The zero-order valence-electron chi connectivity index (χ0n) is 16.4. The smallest absolute Gasteiger partial charge is 0.261 e. The Labute approximate surface area is 183 Å². The Hall–Kier alpha value is -3.23. The number of nitrogens with one attached hydrogen (secondary N) is 1. The van der Waals surface area contributed by atoms with Crippen molar-refractivity contribution in [2.24, 2.45) is 0 Å². The normalized spacial score (nSPS) is 13.0. The Morgan fingerprint density at radius 2 is 1.97 bits per heavy atom. The van der Waals surface area contributed by atoms with Crippen molar-refractivity contribution in [1.29, 1.82) is 0 Å². The standard InChI is InChI=1S/C23H18N2O4S2/c26-23(19-12-17-8-10-24-14-20(17)30-19)25-13-15-4-6-18(7-5-15)31(27,28)21-3-1-2-16-9-11-29-22(16)21/h1-8,10,12,14H,9,11,13H2,(H,25,26). The molecule has 0 radical (unpaired) electrons. The van der Waals surface area contributed by atoms with Crippen LogP contribution in [0.5, 0.6) is 5.75 Å². The summed E-state index contributed by atoms with van der Waals surface area (Å²) in [5, 5.41) is 3.86. The molecule has 3 heterocycles. The van der Waals surface area contributed by atoms with Crippen molar-refractivity contribution in [3.05, 3.63) is 83.0 Å². The predicted molar refractivity (Wildman–Crippen MR) is 118 cm³/mol. The molecule has 156 valence electrons. The molecule has 0 atom stereocenters. The van der Waals surface area contributed by atoms with E-state index in [2.05, 4.69) is 10.3 Å². The van der Waals surface area contributed by atoms with Crippen LogP contribution in [0.4, 0.5) is 0 Å². The Morgan fingerprint density at radius 1 is 1.13 bits per heavy atom. The van der Waals surface area contributed by atoms with Gasteiger partial charge in [-0.25, -0.2) is 8.42 Å². The minimum absolute atomic E-state index is 0.171. The molecule has 0 spiro atoms. The summed E-state index contributed by atoms with van der Waals surface area (Å²) in [6, 6.07) is 15.5. The topological polar surface area (TPSA) is 85.4 Å². The van der Waals surface area contributed by atoms with Gasteiger partial charge in [-0.1, -0.05) is 24.3 Å². The summed E-state index contributed by atoms with van der Waals surface area (Å²) in [5.74, 6) is 0.285. The van der Waals surface area contributed by atoms with E-state index in [4.69, 9.17) is 4.74 Å². The number of aromatic nitrogens is 1. The molecule has 31 heavy (non-hydrogen) atoms. The van der Waals surface area contributed by atoms with Gasteiger partial charge in [0.15, 0.2) is 0 Å². The molecular weight excluding hydrogens is 432 g/mol. The van der Waals surface area contributed by atoms with E-state index in [0.29, 0.717) is 30.2 Å². The average Bonchev–Trinajstić information content (AvgIpc) is 3.44. The lowest BCUT2D eigenvalue weighted by molar-refractivity contribution is 0.0955. The zero-order chi connectivity index (χ0) is 21.4. The lowest BCUT2D eigenvalue weighted by Gasteiger charge is -2.10. The van der Waals surface area contributed by atoms with Crippen LogP contribution in [0.2, 0.25) is 0 Å². The molecule has 0 unspecified atom stereocenters. The number of para-hydroxylation sites is 1. The fraction of sp³-hybridized carbons (Fsp3) is 0.130. The first kappa shape index (κ1) is 19.7.